The number of allylic oxidation sites excluding steroid dienone is 1. The van der Waals surface area contributed by atoms with Gasteiger partial charge in [-0.2, -0.15) is 0 Å². The number of rotatable bonds is 5. The summed E-state index contributed by atoms with van der Waals surface area (Å²) in [5.41, 5.74) is 4.67. The van der Waals surface area contributed by atoms with E-state index in [9.17, 15) is 14.7 Å². The molecule has 1 heterocycles. The summed E-state index contributed by atoms with van der Waals surface area (Å²) in [7, 11) is 1.50. The van der Waals surface area contributed by atoms with E-state index in [1.165, 1.54) is 14.0 Å². The molecule has 3 aromatic carbocycles. The third-order valence-electron chi connectivity index (χ3n) is 6.90. The topological polar surface area (TPSA) is 87.7 Å². The van der Waals surface area contributed by atoms with Crippen LogP contribution in [0.1, 0.15) is 50.8 Å². The van der Waals surface area contributed by atoms with Gasteiger partial charge in [0.2, 0.25) is 0 Å². The predicted octanol–water partition coefficient (Wildman–Crippen LogP) is 4.68. The lowest BCUT2D eigenvalue weighted by Crippen LogP contribution is -2.37. The number of Topliss-reactive ketones (excluding diaryl/α,β-unsaturated/α-hetero) is 1. The van der Waals surface area contributed by atoms with Gasteiger partial charge in [0.15, 0.2) is 17.3 Å². The van der Waals surface area contributed by atoms with Crippen molar-refractivity contribution < 1.29 is 24.2 Å². The highest BCUT2D eigenvalue weighted by atomic mass is 16.5. The summed E-state index contributed by atoms with van der Waals surface area (Å²) in [6, 6.07) is 17.4. The molecule has 2 atom stereocenters. The Bertz CT molecular complexity index is 1390. The number of benzene rings is 3. The van der Waals surface area contributed by atoms with Gasteiger partial charge >= 0.3 is 0 Å². The first-order valence-electron chi connectivity index (χ1n) is 11.8. The number of anilines is 1. The number of ether oxygens (including phenoxy) is 2. The van der Waals surface area contributed by atoms with Crippen LogP contribution in [-0.4, -0.2) is 25.0 Å². The molecule has 3 aromatic rings. The van der Waals surface area contributed by atoms with Crippen LogP contribution in [0.4, 0.5) is 5.69 Å². The Hall–Kier alpha value is -3.80. The number of hydrogen-bond acceptors (Lipinski definition) is 6. The summed E-state index contributed by atoms with van der Waals surface area (Å²) < 4.78 is 11.0. The van der Waals surface area contributed by atoms with E-state index >= 15 is 0 Å². The summed E-state index contributed by atoms with van der Waals surface area (Å²) in [5.74, 6) is -0.468. The number of methoxy groups -OCH3 is 1. The molecule has 0 bridgehead atoms. The minimum Gasteiger partial charge on any atom is -0.546 e. The van der Waals surface area contributed by atoms with Gasteiger partial charge in [-0.05, 0) is 58.9 Å². The van der Waals surface area contributed by atoms with Gasteiger partial charge in [-0.25, -0.2) is 0 Å². The average molecular weight is 471 g/mol. The number of carbonyl (C=O) groups is 2. The average Bonchev–Trinajstić information content (AvgIpc) is 2.82. The zero-order valence-corrected chi connectivity index (χ0v) is 20.3. The van der Waals surface area contributed by atoms with Crippen LogP contribution in [-0.2, 0) is 9.59 Å². The molecule has 6 nitrogen and oxygen atoms in total. The van der Waals surface area contributed by atoms with Gasteiger partial charge in [-0.15, -0.1) is 0 Å². The van der Waals surface area contributed by atoms with E-state index < -0.39 is 12.1 Å². The number of fused-ring (bicyclic) bond motifs is 4. The molecule has 0 radical (unpaired) electrons. The van der Waals surface area contributed by atoms with E-state index in [0.29, 0.717) is 17.9 Å². The van der Waals surface area contributed by atoms with Crippen LogP contribution in [0.2, 0.25) is 0 Å². The number of aliphatic carboxylic acids is 1. The fourth-order valence-electron chi connectivity index (χ4n) is 5.29. The summed E-state index contributed by atoms with van der Waals surface area (Å²) >= 11 is 0. The number of carboxylic acids is 1. The molecule has 180 valence electrons. The van der Waals surface area contributed by atoms with Crippen molar-refractivity contribution in [3.05, 3.63) is 71.3 Å². The molecule has 0 saturated carbocycles. The lowest BCUT2D eigenvalue weighted by molar-refractivity contribution is -0.312. The summed E-state index contributed by atoms with van der Waals surface area (Å²) in [5, 5.41) is 17.0. The molecule has 0 aromatic heterocycles. The lowest BCUT2D eigenvalue weighted by Gasteiger charge is -2.40. The van der Waals surface area contributed by atoms with Crippen LogP contribution in [0.3, 0.4) is 0 Å². The van der Waals surface area contributed by atoms with E-state index in [1.807, 2.05) is 18.2 Å². The Balaban J connectivity index is 1.66. The highest BCUT2D eigenvalue weighted by molar-refractivity contribution is 6.12. The van der Waals surface area contributed by atoms with Crippen LogP contribution in [0.15, 0.2) is 60.2 Å². The largest absolute Gasteiger partial charge is 0.546 e. The van der Waals surface area contributed by atoms with Crippen molar-refractivity contribution in [3.63, 3.8) is 0 Å². The third kappa shape index (κ3) is 4.03. The van der Waals surface area contributed by atoms with E-state index in [2.05, 4.69) is 43.4 Å². The summed E-state index contributed by atoms with van der Waals surface area (Å²) in [6.07, 6.45) is 0.152. The molecular formula is C29H28NO5-. The maximum Gasteiger partial charge on any atom is 0.162 e. The van der Waals surface area contributed by atoms with Gasteiger partial charge in [-0.1, -0.05) is 50.2 Å². The molecule has 0 amide bonds. The quantitative estimate of drug-likeness (QED) is 0.583. The maximum absolute atomic E-state index is 13.6. The zero-order valence-electron chi connectivity index (χ0n) is 20.3. The molecule has 0 spiro atoms. The number of carbonyl (C=O) groups excluding carboxylic acids is 2. The molecule has 2 unspecified atom stereocenters. The van der Waals surface area contributed by atoms with Crippen molar-refractivity contribution in [2.45, 2.75) is 45.8 Å². The fourth-order valence-corrected chi connectivity index (χ4v) is 5.29. The Labute approximate surface area is 204 Å². The van der Waals surface area contributed by atoms with Gasteiger partial charge in [-0.3, -0.25) is 4.79 Å². The second-order valence-corrected chi connectivity index (χ2v) is 10.1. The van der Waals surface area contributed by atoms with Crippen LogP contribution < -0.4 is 19.9 Å². The smallest absolute Gasteiger partial charge is 0.162 e. The van der Waals surface area contributed by atoms with E-state index in [4.69, 9.17) is 9.47 Å². The first kappa shape index (κ1) is 23.0. The monoisotopic (exact) mass is 470 g/mol. The van der Waals surface area contributed by atoms with Crippen molar-refractivity contribution >= 4 is 33.8 Å². The van der Waals surface area contributed by atoms with Gasteiger partial charge < -0.3 is 24.7 Å². The molecule has 6 heteroatoms. The van der Waals surface area contributed by atoms with E-state index in [1.54, 1.807) is 12.1 Å². The standard InChI is InChI=1S/C29H29NO5/c1-16(28(32)33)35-23-12-10-18(13-24(23)34-4)27-26-20(14-29(2,3)15-22(26)31)25-19-8-6-5-7-17(19)9-11-21(25)30-27/h5-13,16,27,30H,14-15H2,1-4H3,(H,32,33)/p-1. The lowest BCUT2D eigenvalue weighted by atomic mass is 9.68. The van der Waals surface area contributed by atoms with Crippen LogP contribution in [0, 0.1) is 5.41 Å². The molecule has 5 rings (SSSR count). The van der Waals surface area contributed by atoms with Crippen LogP contribution >= 0.6 is 0 Å². The van der Waals surface area contributed by atoms with Gasteiger partial charge in [0, 0.05) is 23.2 Å². The van der Waals surface area contributed by atoms with Crippen LogP contribution in [0.25, 0.3) is 16.3 Å². The number of hydrogen-bond donors (Lipinski definition) is 1. The van der Waals surface area contributed by atoms with Crippen molar-refractivity contribution in [1.82, 2.24) is 0 Å². The highest BCUT2D eigenvalue weighted by Gasteiger charge is 2.41. The molecule has 1 N–H and O–H groups in total. The molecule has 1 aliphatic carbocycles. The number of nitrogens with one attached hydrogen (secondary N) is 1. The second-order valence-electron chi connectivity index (χ2n) is 10.1. The van der Waals surface area contributed by atoms with E-state index in [0.717, 1.165) is 45.2 Å². The SMILES string of the molecule is COc1cc(C2Nc3ccc4ccccc4c3C3=C2C(=O)CC(C)(C)C3)ccc1OC(C)C(=O)[O-]. The summed E-state index contributed by atoms with van der Waals surface area (Å²) in [4.78, 5) is 24.7. The molecule has 0 saturated heterocycles. The van der Waals surface area contributed by atoms with Crippen molar-refractivity contribution in [3.8, 4) is 11.5 Å². The number of ketones is 1. The Morgan fingerprint density at radius 2 is 1.86 bits per heavy atom. The Morgan fingerprint density at radius 3 is 2.60 bits per heavy atom. The van der Waals surface area contributed by atoms with Crippen LogP contribution in [0.5, 0.6) is 11.5 Å². The minimum absolute atomic E-state index is 0.136. The highest BCUT2D eigenvalue weighted by Crippen LogP contribution is 2.52. The normalized spacial score (nSPS) is 19.4. The molecule has 2 aliphatic rings. The first-order valence-corrected chi connectivity index (χ1v) is 11.8. The summed E-state index contributed by atoms with van der Waals surface area (Å²) in [6.45, 7) is 5.69. The number of carboxylic acid groups (broad SMARTS) is 1. The van der Waals surface area contributed by atoms with Crippen molar-refractivity contribution in [1.29, 1.82) is 0 Å². The predicted molar refractivity (Wildman–Crippen MR) is 133 cm³/mol. The van der Waals surface area contributed by atoms with Crippen molar-refractivity contribution in [2.75, 3.05) is 12.4 Å². The van der Waals surface area contributed by atoms with Crippen molar-refractivity contribution in [2.24, 2.45) is 5.41 Å². The molecular weight excluding hydrogens is 442 g/mol. The molecule has 1 aliphatic heterocycles. The maximum atomic E-state index is 13.6. The zero-order chi connectivity index (χ0) is 24.9. The molecule has 35 heavy (non-hydrogen) atoms. The first-order chi connectivity index (χ1) is 16.7. The van der Waals surface area contributed by atoms with Gasteiger partial charge in [0.1, 0.15) is 6.10 Å². The Morgan fingerprint density at radius 1 is 1.09 bits per heavy atom. The van der Waals surface area contributed by atoms with Gasteiger partial charge in [0.25, 0.3) is 0 Å². The van der Waals surface area contributed by atoms with E-state index in [-0.39, 0.29) is 17.2 Å². The second kappa shape index (κ2) is 8.45. The van der Waals surface area contributed by atoms with Gasteiger partial charge in [0.05, 0.1) is 19.1 Å². The third-order valence-corrected chi connectivity index (χ3v) is 6.90. The Kier molecular flexibility index (Phi) is 5.55. The fraction of sp³-hybridized carbons (Fsp3) is 0.310. The molecule has 0 fully saturated rings. The minimum atomic E-state index is -1.31.